The topological polar surface area (TPSA) is 45.2 Å². The quantitative estimate of drug-likeness (QED) is 0.277. The Bertz CT molecular complexity index is 1290. The van der Waals surface area contributed by atoms with E-state index in [2.05, 4.69) is 5.32 Å². The highest BCUT2D eigenvalue weighted by atomic mass is 32.1. The highest BCUT2D eigenvalue weighted by Crippen LogP contribution is 2.29. The summed E-state index contributed by atoms with van der Waals surface area (Å²) in [6.45, 7) is 0.278. The molecule has 146 valence electrons. The standard InChI is InChI=1S/C24H16FN3OS/c25-16-11-9-15(10-12-16)14-28-23(30)22(27-24(28)29)13-19-17-5-1-3-7-20(17)26-21-8-4-2-6-18(19)21/h1-13H,14H2,(H,27,29)/b22-13-. The second kappa shape index (κ2) is 7.31. The molecule has 2 amide bonds. The predicted molar refractivity (Wildman–Crippen MR) is 120 cm³/mol. The monoisotopic (exact) mass is 413 g/mol. The Morgan fingerprint density at radius 3 is 2.17 bits per heavy atom. The van der Waals surface area contributed by atoms with Crippen LogP contribution in [0.1, 0.15) is 11.1 Å². The van der Waals surface area contributed by atoms with E-state index < -0.39 is 0 Å². The molecule has 0 atom stereocenters. The number of nitrogens with zero attached hydrogens (tertiary/aromatic N) is 2. The molecular weight excluding hydrogens is 397 g/mol. The summed E-state index contributed by atoms with van der Waals surface area (Å²) >= 11 is 5.59. The molecule has 1 aliphatic heterocycles. The van der Waals surface area contributed by atoms with E-state index in [1.165, 1.54) is 17.0 Å². The maximum Gasteiger partial charge on any atom is 0.327 e. The third kappa shape index (κ3) is 3.21. The first-order chi connectivity index (χ1) is 14.6. The number of nitrogens with one attached hydrogen (secondary N) is 1. The van der Waals surface area contributed by atoms with Gasteiger partial charge < -0.3 is 5.32 Å². The largest absolute Gasteiger partial charge is 0.327 e. The van der Waals surface area contributed by atoms with Crippen LogP contribution in [0.15, 0.2) is 78.5 Å². The van der Waals surface area contributed by atoms with Crippen molar-refractivity contribution in [3.63, 3.8) is 0 Å². The van der Waals surface area contributed by atoms with Crippen molar-refractivity contribution >= 4 is 51.1 Å². The van der Waals surface area contributed by atoms with Crippen LogP contribution in [0.2, 0.25) is 0 Å². The van der Waals surface area contributed by atoms with Gasteiger partial charge in [-0.2, -0.15) is 0 Å². The summed E-state index contributed by atoms with van der Waals surface area (Å²) in [5, 5.41) is 4.84. The maximum absolute atomic E-state index is 13.2. The lowest BCUT2D eigenvalue weighted by atomic mass is 10.0. The number of amides is 2. The van der Waals surface area contributed by atoms with E-state index in [1.54, 1.807) is 12.1 Å². The third-order valence-electron chi connectivity index (χ3n) is 5.13. The third-order valence-corrected chi connectivity index (χ3v) is 5.57. The van der Waals surface area contributed by atoms with Crippen LogP contribution in [0.3, 0.4) is 0 Å². The molecule has 0 radical (unpaired) electrons. The number of benzene rings is 3. The number of thiocarbonyl (C=S) groups is 1. The minimum absolute atomic E-state index is 0.278. The number of urea groups is 1. The lowest BCUT2D eigenvalue weighted by molar-refractivity contribution is 0.228. The summed E-state index contributed by atoms with van der Waals surface area (Å²) in [7, 11) is 0. The zero-order valence-electron chi connectivity index (χ0n) is 15.8. The molecule has 5 rings (SSSR count). The van der Waals surface area contributed by atoms with E-state index in [4.69, 9.17) is 17.2 Å². The van der Waals surface area contributed by atoms with Crippen LogP contribution >= 0.6 is 12.2 Å². The fraction of sp³-hybridized carbons (Fsp3) is 0.0417. The molecule has 1 aromatic heterocycles. The lowest BCUT2D eigenvalue weighted by Crippen LogP contribution is -2.29. The number of para-hydroxylation sites is 2. The van der Waals surface area contributed by atoms with Crippen LogP contribution in [0.25, 0.3) is 27.9 Å². The fourth-order valence-corrected chi connectivity index (χ4v) is 3.92. The Kier molecular flexibility index (Phi) is 4.48. The molecule has 1 saturated heterocycles. The maximum atomic E-state index is 13.2. The number of carbonyl (C=O) groups is 1. The van der Waals surface area contributed by atoms with Crippen molar-refractivity contribution in [1.29, 1.82) is 0 Å². The second-order valence-electron chi connectivity index (χ2n) is 7.07. The van der Waals surface area contributed by atoms with Crippen molar-refractivity contribution in [2.45, 2.75) is 6.54 Å². The number of fused-ring (bicyclic) bond motifs is 2. The van der Waals surface area contributed by atoms with Gasteiger partial charge in [0.15, 0.2) is 0 Å². The number of aromatic nitrogens is 1. The van der Waals surface area contributed by atoms with Gasteiger partial charge in [-0.1, -0.05) is 60.7 Å². The molecule has 1 fully saturated rings. The first kappa shape index (κ1) is 18.4. The van der Waals surface area contributed by atoms with Crippen LogP contribution in [0, 0.1) is 5.82 Å². The van der Waals surface area contributed by atoms with Gasteiger partial charge in [0.1, 0.15) is 10.8 Å². The minimum atomic E-state index is -0.316. The summed E-state index contributed by atoms with van der Waals surface area (Å²) < 4.78 is 13.2. The van der Waals surface area contributed by atoms with Crippen LogP contribution in [0.4, 0.5) is 9.18 Å². The van der Waals surface area contributed by atoms with Crippen molar-refractivity contribution in [3.05, 3.63) is 95.4 Å². The second-order valence-corrected chi connectivity index (χ2v) is 7.45. The zero-order valence-corrected chi connectivity index (χ0v) is 16.6. The van der Waals surface area contributed by atoms with Crippen molar-refractivity contribution in [2.24, 2.45) is 0 Å². The van der Waals surface area contributed by atoms with E-state index in [0.717, 1.165) is 32.9 Å². The van der Waals surface area contributed by atoms with E-state index in [0.29, 0.717) is 10.7 Å². The predicted octanol–water partition coefficient (Wildman–Crippen LogP) is 5.42. The number of pyridine rings is 1. The molecule has 2 heterocycles. The van der Waals surface area contributed by atoms with Gasteiger partial charge in [-0.25, -0.2) is 14.2 Å². The lowest BCUT2D eigenvalue weighted by Gasteiger charge is -2.14. The molecule has 0 aliphatic carbocycles. The van der Waals surface area contributed by atoms with Gasteiger partial charge in [-0.15, -0.1) is 0 Å². The number of halogens is 1. The molecule has 30 heavy (non-hydrogen) atoms. The van der Waals surface area contributed by atoms with Crippen molar-refractivity contribution in [1.82, 2.24) is 15.2 Å². The molecular formula is C24H16FN3OS. The van der Waals surface area contributed by atoms with Gasteiger partial charge in [0.05, 0.1) is 23.3 Å². The number of hydrogen-bond acceptors (Lipinski definition) is 3. The van der Waals surface area contributed by atoms with Gasteiger partial charge in [0.25, 0.3) is 0 Å². The summed E-state index contributed by atoms with van der Waals surface area (Å²) in [4.78, 5) is 19.2. The Hall–Kier alpha value is -3.64. The van der Waals surface area contributed by atoms with Crippen LogP contribution < -0.4 is 5.32 Å². The Morgan fingerprint density at radius 2 is 1.53 bits per heavy atom. The Labute approximate surface area is 177 Å². The average molecular weight is 413 g/mol. The summed E-state index contributed by atoms with van der Waals surface area (Å²) in [6.07, 6.45) is 1.91. The molecule has 0 spiro atoms. The van der Waals surface area contributed by atoms with E-state index in [9.17, 15) is 9.18 Å². The molecule has 0 bridgehead atoms. The Morgan fingerprint density at radius 1 is 0.933 bits per heavy atom. The summed E-state index contributed by atoms with van der Waals surface area (Å²) in [5.74, 6) is -0.316. The molecule has 0 saturated carbocycles. The van der Waals surface area contributed by atoms with E-state index in [-0.39, 0.29) is 18.4 Å². The molecule has 4 aromatic rings. The molecule has 6 heteroatoms. The minimum Gasteiger partial charge on any atom is -0.305 e. The van der Waals surface area contributed by atoms with Crippen LogP contribution in [0.5, 0.6) is 0 Å². The van der Waals surface area contributed by atoms with Crippen LogP contribution in [-0.2, 0) is 6.54 Å². The molecule has 1 aliphatic rings. The number of hydrogen-bond donors (Lipinski definition) is 1. The fourth-order valence-electron chi connectivity index (χ4n) is 3.66. The van der Waals surface area contributed by atoms with Crippen molar-refractivity contribution in [2.75, 3.05) is 0 Å². The van der Waals surface area contributed by atoms with Gasteiger partial charge in [0, 0.05) is 10.8 Å². The SMILES string of the molecule is O=C1N/C(=C\c2c3ccccc3nc3ccccc23)C(=S)N1Cc1ccc(F)cc1. The van der Waals surface area contributed by atoms with Gasteiger partial charge in [-0.05, 0) is 41.5 Å². The smallest absolute Gasteiger partial charge is 0.305 e. The van der Waals surface area contributed by atoms with Gasteiger partial charge >= 0.3 is 6.03 Å². The average Bonchev–Trinajstić information content (AvgIpc) is 3.02. The summed E-state index contributed by atoms with van der Waals surface area (Å²) in [6, 6.07) is 21.5. The highest BCUT2D eigenvalue weighted by Gasteiger charge is 2.30. The van der Waals surface area contributed by atoms with Gasteiger partial charge in [0.2, 0.25) is 0 Å². The first-order valence-corrected chi connectivity index (χ1v) is 9.87. The van der Waals surface area contributed by atoms with Crippen molar-refractivity contribution in [3.8, 4) is 0 Å². The molecule has 1 N–H and O–H groups in total. The normalized spacial score (nSPS) is 15.4. The van der Waals surface area contributed by atoms with Crippen molar-refractivity contribution < 1.29 is 9.18 Å². The number of rotatable bonds is 3. The first-order valence-electron chi connectivity index (χ1n) is 9.46. The van der Waals surface area contributed by atoms with E-state index in [1.807, 2.05) is 54.6 Å². The highest BCUT2D eigenvalue weighted by molar-refractivity contribution is 7.80. The Balaban J connectivity index is 1.58. The van der Waals surface area contributed by atoms with Gasteiger partial charge in [-0.3, -0.25) is 4.90 Å². The summed E-state index contributed by atoms with van der Waals surface area (Å²) in [5.41, 5.74) is 4.08. The van der Waals surface area contributed by atoms with E-state index >= 15 is 0 Å². The number of carbonyl (C=O) groups excluding carboxylic acids is 1. The van der Waals surface area contributed by atoms with Crippen LogP contribution in [-0.4, -0.2) is 20.9 Å². The zero-order chi connectivity index (χ0) is 20.7. The molecule has 0 unspecified atom stereocenters. The molecule has 3 aromatic carbocycles. The molecule has 4 nitrogen and oxygen atoms in total.